The molecule has 0 aromatic carbocycles. The molecule has 118 valence electrons. The number of halogens is 2. The van der Waals surface area contributed by atoms with Gasteiger partial charge in [0.1, 0.15) is 0 Å². The van der Waals surface area contributed by atoms with Crippen LogP contribution in [0, 0.1) is 17.8 Å². The lowest BCUT2D eigenvalue weighted by atomic mass is 9.84. The fraction of sp³-hybridized carbons (Fsp3) is 0.929. The van der Waals surface area contributed by atoms with Crippen molar-refractivity contribution in [2.24, 2.45) is 23.5 Å². The van der Waals surface area contributed by atoms with E-state index in [-0.39, 0.29) is 42.7 Å². The van der Waals surface area contributed by atoms with Crippen LogP contribution in [0.25, 0.3) is 0 Å². The first kappa shape index (κ1) is 18.0. The number of fused-ring (bicyclic) bond motifs is 2. The smallest absolute Gasteiger partial charge is 0.225 e. The van der Waals surface area contributed by atoms with E-state index in [1.165, 1.54) is 32.1 Å². The monoisotopic (exact) mass is 323 g/mol. The standard InChI is InChI=1S/C14H25N3O.2ClH/c1-17-6-2-3-11(17)8-16-14(18)12-9-4-5-10(7-9)13(12)15;;/h9-13H,2-8,15H2,1H3,(H,16,18);2*1H. The van der Waals surface area contributed by atoms with Crippen molar-refractivity contribution < 1.29 is 4.79 Å². The predicted molar refractivity (Wildman–Crippen MR) is 85.5 cm³/mol. The number of nitrogens with zero attached hydrogens (tertiary/aromatic N) is 1. The summed E-state index contributed by atoms with van der Waals surface area (Å²) in [6, 6.07) is 0.647. The van der Waals surface area contributed by atoms with Gasteiger partial charge < -0.3 is 16.0 Å². The Morgan fingerprint density at radius 2 is 1.95 bits per heavy atom. The van der Waals surface area contributed by atoms with Crippen molar-refractivity contribution in [1.29, 1.82) is 0 Å². The van der Waals surface area contributed by atoms with Gasteiger partial charge in [0.15, 0.2) is 0 Å². The van der Waals surface area contributed by atoms with E-state index < -0.39 is 0 Å². The van der Waals surface area contributed by atoms with Crippen LogP contribution in [0.1, 0.15) is 32.1 Å². The second-order valence-electron chi connectivity index (χ2n) is 6.46. The van der Waals surface area contributed by atoms with Gasteiger partial charge in [-0.25, -0.2) is 0 Å². The molecule has 0 radical (unpaired) electrons. The fourth-order valence-electron chi connectivity index (χ4n) is 4.30. The van der Waals surface area contributed by atoms with Gasteiger partial charge in [-0.05, 0) is 57.5 Å². The van der Waals surface area contributed by atoms with Gasteiger partial charge in [-0.15, -0.1) is 24.8 Å². The summed E-state index contributed by atoms with van der Waals surface area (Å²) in [5.74, 6) is 1.48. The van der Waals surface area contributed by atoms with Crippen molar-refractivity contribution >= 4 is 30.7 Å². The van der Waals surface area contributed by atoms with Gasteiger partial charge in [-0.2, -0.15) is 0 Å². The van der Waals surface area contributed by atoms with Crippen molar-refractivity contribution in [2.45, 2.75) is 44.2 Å². The second-order valence-corrected chi connectivity index (χ2v) is 6.46. The molecule has 2 saturated carbocycles. The Kier molecular flexibility index (Phi) is 6.58. The van der Waals surface area contributed by atoms with Gasteiger partial charge in [0.2, 0.25) is 5.91 Å². The van der Waals surface area contributed by atoms with E-state index in [1.54, 1.807) is 0 Å². The Bertz CT molecular complexity index is 340. The van der Waals surface area contributed by atoms with Gasteiger partial charge in [-0.3, -0.25) is 4.79 Å². The van der Waals surface area contributed by atoms with Crippen LogP contribution in [0.3, 0.4) is 0 Å². The van der Waals surface area contributed by atoms with Crippen molar-refractivity contribution in [3.8, 4) is 0 Å². The molecule has 1 amide bonds. The first-order valence-electron chi connectivity index (χ1n) is 7.40. The average Bonchev–Trinajstić information content (AvgIpc) is 3.02. The first-order valence-corrected chi connectivity index (χ1v) is 7.40. The molecular weight excluding hydrogens is 297 g/mol. The zero-order chi connectivity index (χ0) is 12.7. The number of carbonyl (C=O) groups is 1. The molecular formula is C14H27Cl2N3O. The Balaban J connectivity index is 0.000001000. The highest BCUT2D eigenvalue weighted by molar-refractivity contribution is 5.85. The van der Waals surface area contributed by atoms with Crippen LogP contribution < -0.4 is 11.1 Å². The van der Waals surface area contributed by atoms with E-state index in [9.17, 15) is 4.79 Å². The Morgan fingerprint density at radius 3 is 2.50 bits per heavy atom. The number of amides is 1. The maximum atomic E-state index is 12.3. The summed E-state index contributed by atoms with van der Waals surface area (Å²) >= 11 is 0. The number of likely N-dealkylation sites (N-methyl/N-ethyl adjacent to an activating group) is 1. The summed E-state index contributed by atoms with van der Waals surface area (Å²) in [6.45, 7) is 1.96. The normalized spacial score (nSPS) is 39.2. The van der Waals surface area contributed by atoms with Crippen LogP contribution in [0.2, 0.25) is 0 Å². The van der Waals surface area contributed by atoms with Crippen LogP contribution in [0.4, 0.5) is 0 Å². The minimum Gasteiger partial charge on any atom is -0.354 e. The minimum atomic E-state index is 0. The summed E-state index contributed by atoms with van der Waals surface area (Å²) in [7, 11) is 2.15. The maximum Gasteiger partial charge on any atom is 0.225 e. The van der Waals surface area contributed by atoms with Crippen LogP contribution in [0.5, 0.6) is 0 Å². The number of hydrogen-bond acceptors (Lipinski definition) is 3. The van der Waals surface area contributed by atoms with E-state index in [0.29, 0.717) is 17.9 Å². The number of rotatable bonds is 3. The highest BCUT2D eigenvalue weighted by atomic mass is 35.5. The Hall–Kier alpha value is -0.0300. The van der Waals surface area contributed by atoms with Gasteiger partial charge >= 0.3 is 0 Å². The zero-order valence-electron chi connectivity index (χ0n) is 12.1. The molecule has 3 rings (SSSR count). The molecule has 4 nitrogen and oxygen atoms in total. The largest absolute Gasteiger partial charge is 0.354 e. The number of likely N-dealkylation sites (tertiary alicyclic amines) is 1. The molecule has 0 spiro atoms. The van der Waals surface area contributed by atoms with Crippen molar-refractivity contribution in [3.05, 3.63) is 0 Å². The lowest BCUT2D eigenvalue weighted by molar-refractivity contribution is -0.127. The van der Waals surface area contributed by atoms with E-state index in [4.69, 9.17) is 5.73 Å². The molecule has 1 saturated heterocycles. The summed E-state index contributed by atoms with van der Waals surface area (Å²) in [6.07, 6.45) is 6.09. The number of nitrogens with one attached hydrogen (secondary N) is 1. The molecule has 20 heavy (non-hydrogen) atoms. The van der Waals surface area contributed by atoms with E-state index in [2.05, 4.69) is 17.3 Å². The molecule has 1 heterocycles. The van der Waals surface area contributed by atoms with Gasteiger partial charge in [0, 0.05) is 18.6 Å². The molecule has 3 aliphatic rings. The van der Waals surface area contributed by atoms with Crippen LogP contribution in [0.15, 0.2) is 0 Å². The van der Waals surface area contributed by atoms with Gasteiger partial charge in [-0.1, -0.05) is 0 Å². The SMILES string of the molecule is CN1CCCC1CNC(=O)C1C2CCC(C2)C1N.Cl.Cl. The van der Waals surface area contributed by atoms with E-state index in [0.717, 1.165) is 13.1 Å². The molecule has 1 aliphatic heterocycles. The molecule has 6 heteroatoms. The minimum absolute atomic E-state index is 0. The molecule has 2 aliphatic carbocycles. The third-order valence-electron chi connectivity index (χ3n) is 5.47. The van der Waals surface area contributed by atoms with Crippen molar-refractivity contribution in [3.63, 3.8) is 0 Å². The number of carbonyl (C=O) groups excluding carboxylic acids is 1. The highest BCUT2D eigenvalue weighted by Gasteiger charge is 2.49. The van der Waals surface area contributed by atoms with Crippen LogP contribution in [-0.4, -0.2) is 43.0 Å². The Labute approximate surface area is 134 Å². The number of nitrogens with two attached hydrogens (primary N) is 1. The average molecular weight is 324 g/mol. The van der Waals surface area contributed by atoms with Crippen molar-refractivity contribution in [2.75, 3.05) is 20.1 Å². The fourth-order valence-corrected chi connectivity index (χ4v) is 4.30. The quantitative estimate of drug-likeness (QED) is 0.825. The van der Waals surface area contributed by atoms with Crippen LogP contribution in [-0.2, 0) is 4.79 Å². The summed E-state index contributed by atoms with van der Waals surface area (Å²) in [4.78, 5) is 14.6. The number of hydrogen-bond donors (Lipinski definition) is 2. The summed E-state index contributed by atoms with van der Waals surface area (Å²) < 4.78 is 0. The lowest BCUT2D eigenvalue weighted by Crippen LogP contribution is -2.47. The lowest BCUT2D eigenvalue weighted by Gasteiger charge is -2.28. The molecule has 3 fully saturated rings. The summed E-state index contributed by atoms with van der Waals surface area (Å²) in [5, 5.41) is 3.15. The predicted octanol–water partition coefficient (Wildman–Crippen LogP) is 1.41. The third kappa shape index (κ3) is 3.24. The molecule has 3 N–H and O–H groups in total. The second kappa shape index (κ2) is 7.30. The Morgan fingerprint density at radius 1 is 1.25 bits per heavy atom. The van der Waals surface area contributed by atoms with Crippen LogP contribution >= 0.6 is 24.8 Å². The third-order valence-corrected chi connectivity index (χ3v) is 5.47. The topological polar surface area (TPSA) is 58.4 Å². The molecule has 5 atom stereocenters. The summed E-state index contributed by atoms with van der Waals surface area (Å²) in [5.41, 5.74) is 6.20. The van der Waals surface area contributed by atoms with Gasteiger partial charge in [0.25, 0.3) is 0 Å². The van der Waals surface area contributed by atoms with Crippen molar-refractivity contribution in [1.82, 2.24) is 10.2 Å². The van der Waals surface area contributed by atoms with E-state index >= 15 is 0 Å². The maximum absolute atomic E-state index is 12.3. The highest BCUT2D eigenvalue weighted by Crippen LogP contribution is 2.47. The zero-order valence-corrected chi connectivity index (χ0v) is 13.7. The molecule has 0 aromatic rings. The van der Waals surface area contributed by atoms with E-state index in [1.807, 2.05) is 0 Å². The molecule has 2 bridgehead atoms. The van der Waals surface area contributed by atoms with Gasteiger partial charge in [0.05, 0.1) is 5.92 Å². The molecule has 0 aromatic heterocycles. The first-order chi connectivity index (χ1) is 8.66. The molecule has 5 unspecified atom stereocenters.